The number of amides is 1. The van der Waals surface area contributed by atoms with Crippen molar-refractivity contribution in [2.45, 2.75) is 39.7 Å². The lowest BCUT2D eigenvalue weighted by Gasteiger charge is -2.27. The van der Waals surface area contributed by atoms with Crippen LogP contribution in [0.5, 0.6) is 0 Å². The summed E-state index contributed by atoms with van der Waals surface area (Å²) in [5.41, 5.74) is 2.84. The standard InChI is InChI=1S/C17H26ClN3O/c1-4-7-21(14-5-6-19-10-14)11-16(22)20-17-13(3)8-12(2)9-15(17)18/h8-9,14,19H,4-7,10-11H2,1-3H3,(H,20,22). The van der Waals surface area contributed by atoms with Crippen molar-refractivity contribution < 1.29 is 4.79 Å². The van der Waals surface area contributed by atoms with E-state index in [4.69, 9.17) is 11.6 Å². The molecule has 0 spiro atoms. The number of anilines is 1. The molecule has 2 N–H and O–H groups in total. The van der Waals surface area contributed by atoms with Crippen molar-refractivity contribution in [3.63, 3.8) is 0 Å². The molecule has 0 radical (unpaired) electrons. The third-order valence-electron chi connectivity index (χ3n) is 4.10. The number of benzene rings is 1. The molecular formula is C17H26ClN3O. The largest absolute Gasteiger partial charge is 0.323 e. The minimum atomic E-state index is 0.00852. The van der Waals surface area contributed by atoms with Gasteiger partial charge in [0.2, 0.25) is 5.91 Å². The maximum Gasteiger partial charge on any atom is 0.238 e. The molecule has 4 nitrogen and oxygen atoms in total. The zero-order valence-corrected chi connectivity index (χ0v) is 14.5. The summed E-state index contributed by atoms with van der Waals surface area (Å²) in [5.74, 6) is 0.00852. The van der Waals surface area contributed by atoms with Crippen LogP contribution in [0.15, 0.2) is 12.1 Å². The number of aryl methyl sites for hydroxylation is 2. The Bertz CT molecular complexity index is 504. The van der Waals surface area contributed by atoms with Crippen LogP contribution >= 0.6 is 11.6 Å². The molecule has 1 aliphatic rings. The molecule has 1 unspecified atom stereocenters. The molecule has 2 rings (SSSR count). The van der Waals surface area contributed by atoms with Gasteiger partial charge in [0.1, 0.15) is 0 Å². The van der Waals surface area contributed by atoms with Crippen LogP contribution in [0.1, 0.15) is 30.9 Å². The SMILES string of the molecule is CCCN(CC(=O)Nc1c(C)cc(C)cc1Cl)C1CCNC1. The highest BCUT2D eigenvalue weighted by Gasteiger charge is 2.23. The molecule has 22 heavy (non-hydrogen) atoms. The van der Waals surface area contributed by atoms with Crippen LogP contribution in [-0.2, 0) is 4.79 Å². The van der Waals surface area contributed by atoms with E-state index in [1.165, 1.54) is 0 Å². The second kappa shape index (κ2) is 7.95. The van der Waals surface area contributed by atoms with Gasteiger partial charge in [0, 0.05) is 12.6 Å². The van der Waals surface area contributed by atoms with Crippen molar-refractivity contribution in [3.8, 4) is 0 Å². The molecule has 0 aliphatic carbocycles. The predicted molar refractivity (Wildman–Crippen MR) is 92.7 cm³/mol. The molecule has 5 heteroatoms. The fourth-order valence-electron chi connectivity index (χ4n) is 3.07. The summed E-state index contributed by atoms with van der Waals surface area (Å²) in [5, 5.41) is 6.96. The van der Waals surface area contributed by atoms with Crippen LogP contribution < -0.4 is 10.6 Å². The molecule has 0 bridgehead atoms. The van der Waals surface area contributed by atoms with Crippen molar-refractivity contribution in [1.29, 1.82) is 0 Å². The van der Waals surface area contributed by atoms with Crippen LogP contribution in [-0.4, -0.2) is 43.0 Å². The van der Waals surface area contributed by atoms with Gasteiger partial charge in [-0.3, -0.25) is 9.69 Å². The van der Waals surface area contributed by atoms with Gasteiger partial charge < -0.3 is 10.6 Å². The monoisotopic (exact) mass is 323 g/mol. The van der Waals surface area contributed by atoms with Crippen LogP contribution in [0.4, 0.5) is 5.69 Å². The van der Waals surface area contributed by atoms with E-state index in [9.17, 15) is 4.79 Å². The smallest absolute Gasteiger partial charge is 0.238 e. The number of hydrogen-bond donors (Lipinski definition) is 2. The zero-order valence-electron chi connectivity index (χ0n) is 13.7. The molecule has 1 aromatic carbocycles. The predicted octanol–water partition coefficient (Wildman–Crippen LogP) is 2.97. The second-order valence-corrected chi connectivity index (χ2v) is 6.51. The number of nitrogens with zero attached hydrogens (tertiary/aromatic N) is 1. The summed E-state index contributed by atoms with van der Waals surface area (Å²) in [4.78, 5) is 14.7. The van der Waals surface area contributed by atoms with Gasteiger partial charge >= 0.3 is 0 Å². The number of nitrogens with one attached hydrogen (secondary N) is 2. The highest BCUT2D eigenvalue weighted by molar-refractivity contribution is 6.34. The van der Waals surface area contributed by atoms with Gasteiger partial charge in [0.05, 0.1) is 17.3 Å². The Kier molecular flexibility index (Phi) is 6.24. The topological polar surface area (TPSA) is 44.4 Å². The van der Waals surface area contributed by atoms with Crippen molar-refractivity contribution in [1.82, 2.24) is 10.2 Å². The fourth-order valence-corrected chi connectivity index (χ4v) is 3.43. The number of halogens is 1. The van der Waals surface area contributed by atoms with Gasteiger partial charge in [0.25, 0.3) is 0 Å². The summed E-state index contributed by atoms with van der Waals surface area (Å²) < 4.78 is 0. The van der Waals surface area contributed by atoms with E-state index in [1.807, 2.05) is 26.0 Å². The fraction of sp³-hybridized carbons (Fsp3) is 0.588. The van der Waals surface area contributed by atoms with E-state index >= 15 is 0 Å². The zero-order chi connectivity index (χ0) is 16.1. The van der Waals surface area contributed by atoms with Gasteiger partial charge in [-0.25, -0.2) is 0 Å². The number of hydrogen-bond acceptors (Lipinski definition) is 3. The van der Waals surface area contributed by atoms with E-state index in [-0.39, 0.29) is 5.91 Å². The second-order valence-electron chi connectivity index (χ2n) is 6.10. The normalized spacial score (nSPS) is 18.0. The minimum Gasteiger partial charge on any atom is -0.323 e. The van der Waals surface area contributed by atoms with Crippen molar-refractivity contribution >= 4 is 23.2 Å². The summed E-state index contributed by atoms with van der Waals surface area (Å²) in [6.07, 6.45) is 2.16. The highest BCUT2D eigenvalue weighted by atomic mass is 35.5. The first kappa shape index (κ1) is 17.3. The first-order chi connectivity index (χ1) is 10.5. The molecule has 1 amide bonds. The first-order valence-electron chi connectivity index (χ1n) is 8.02. The van der Waals surface area contributed by atoms with E-state index < -0.39 is 0 Å². The molecule has 1 aromatic rings. The van der Waals surface area contributed by atoms with E-state index in [1.54, 1.807) is 0 Å². The van der Waals surface area contributed by atoms with Crippen LogP contribution in [0, 0.1) is 13.8 Å². The lowest BCUT2D eigenvalue weighted by atomic mass is 10.1. The molecule has 1 saturated heterocycles. The lowest BCUT2D eigenvalue weighted by Crippen LogP contribution is -2.42. The maximum absolute atomic E-state index is 12.4. The maximum atomic E-state index is 12.4. The Labute approximate surface area is 138 Å². The van der Waals surface area contributed by atoms with Crippen molar-refractivity contribution in [2.24, 2.45) is 0 Å². The van der Waals surface area contributed by atoms with Gasteiger partial charge in [-0.1, -0.05) is 24.6 Å². The van der Waals surface area contributed by atoms with E-state index in [2.05, 4.69) is 22.5 Å². The first-order valence-corrected chi connectivity index (χ1v) is 8.40. The van der Waals surface area contributed by atoms with E-state index in [0.717, 1.165) is 49.3 Å². The Morgan fingerprint density at radius 2 is 2.23 bits per heavy atom. The highest BCUT2D eigenvalue weighted by Crippen LogP contribution is 2.27. The van der Waals surface area contributed by atoms with Crippen LogP contribution in [0.2, 0.25) is 5.02 Å². The molecule has 1 fully saturated rings. The van der Waals surface area contributed by atoms with E-state index in [0.29, 0.717) is 17.6 Å². The molecule has 122 valence electrons. The lowest BCUT2D eigenvalue weighted by molar-refractivity contribution is -0.117. The Hall–Kier alpha value is -1.10. The summed E-state index contributed by atoms with van der Waals surface area (Å²) in [7, 11) is 0. The summed E-state index contributed by atoms with van der Waals surface area (Å²) in [6, 6.07) is 4.38. The molecule has 0 saturated carbocycles. The van der Waals surface area contributed by atoms with Gasteiger partial charge in [0.15, 0.2) is 0 Å². The number of carbonyl (C=O) groups is 1. The minimum absolute atomic E-state index is 0.00852. The van der Waals surface area contributed by atoms with Crippen LogP contribution in [0.25, 0.3) is 0 Å². The average Bonchev–Trinajstić information content (AvgIpc) is 2.96. The Balaban J connectivity index is 2.02. The van der Waals surface area contributed by atoms with Crippen molar-refractivity contribution in [3.05, 3.63) is 28.3 Å². The third-order valence-corrected chi connectivity index (χ3v) is 4.40. The van der Waals surface area contributed by atoms with Gasteiger partial charge in [-0.05, 0) is 57.0 Å². The van der Waals surface area contributed by atoms with Crippen LogP contribution in [0.3, 0.4) is 0 Å². The number of rotatable bonds is 6. The third kappa shape index (κ3) is 4.45. The molecule has 1 atom stereocenters. The molecule has 1 heterocycles. The molecule has 0 aromatic heterocycles. The summed E-state index contributed by atoms with van der Waals surface area (Å²) in [6.45, 7) is 9.49. The Morgan fingerprint density at radius 3 is 2.82 bits per heavy atom. The molecule has 1 aliphatic heterocycles. The van der Waals surface area contributed by atoms with Gasteiger partial charge in [-0.15, -0.1) is 0 Å². The van der Waals surface area contributed by atoms with Crippen molar-refractivity contribution in [2.75, 3.05) is 31.5 Å². The number of carbonyl (C=O) groups excluding carboxylic acids is 1. The summed E-state index contributed by atoms with van der Waals surface area (Å²) >= 11 is 6.27. The average molecular weight is 324 g/mol. The molecular weight excluding hydrogens is 298 g/mol. The van der Waals surface area contributed by atoms with Gasteiger partial charge in [-0.2, -0.15) is 0 Å². The quantitative estimate of drug-likeness (QED) is 0.846. The Morgan fingerprint density at radius 1 is 1.45 bits per heavy atom.